The van der Waals surface area contributed by atoms with Gasteiger partial charge in [-0.05, 0) is 74.4 Å². The highest BCUT2D eigenvalue weighted by Crippen LogP contribution is 2.27. The number of rotatable bonds is 12. The number of methoxy groups -OCH3 is 1. The summed E-state index contributed by atoms with van der Waals surface area (Å²) in [6.07, 6.45) is 0.723. The number of carbonyl (C=O) groups is 2. The third-order valence-corrected chi connectivity index (χ3v) is 8.83. The molecule has 3 aromatic rings. The molecule has 8 nitrogen and oxygen atoms in total. The number of ether oxygens (including phenoxy) is 1. The topological polar surface area (TPSA) is 96.0 Å². The molecule has 0 aliphatic rings. The zero-order chi connectivity index (χ0) is 29.4. The van der Waals surface area contributed by atoms with Crippen LogP contribution in [-0.4, -0.2) is 51.4 Å². The van der Waals surface area contributed by atoms with Gasteiger partial charge in [-0.15, -0.1) is 0 Å². The van der Waals surface area contributed by atoms with Crippen molar-refractivity contribution in [3.05, 3.63) is 87.9 Å². The van der Waals surface area contributed by atoms with Crippen molar-refractivity contribution in [1.82, 2.24) is 10.2 Å². The molecule has 3 aromatic carbocycles. The first-order valence-electron chi connectivity index (χ1n) is 12.7. The number of anilines is 1. The summed E-state index contributed by atoms with van der Waals surface area (Å²) in [5, 5.41) is 3.47. The third-order valence-electron chi connectivity index (χ3n) is 6.30. The summed E-state index contributed by atoms with van der Waals surface area (Å²) in [5.74, 6) is -0.422. The van der Waals surface area contributed by atoms with Crippen LogP contribution >= 0.6 is 23.2 Å². The second-order valence-corrected chi connectivity index (χ2v) is 11.9. The van der Waals surface area contributed by atoms with Crippen molar-refractivity contribution in [2.24, 2.45) is 0 Å². The summed E-state index contributed by atoms with van der Waals surface area (Å²) in [5.41, 5.74) is 1.88. The van der Waals surface area contributed by atoms with Crippen LogP contribution in [0.15, 0.2) is 71.6 Å². The van der Waals surface area contributed by atoms with Crippen LogP contribution < -0.4 is 14.4 Å². The predicted octanol–water partition coefficient (Wildman–Crippen LogP) is 5.45. The van der Waals surface area contributed by atoms with Crippen LogP contribution in [0.5, 0.6) is 5.75 Å². The van der Waals surface area contributed by atoms with Crippen LogP contribution in [0.4, 0.5) is 5.69 Å². The fraction of sp³-hybridized carbons (Fsp3) is 0.310. The first kappa shape index (κ1) is 31.3. The van der Waals surface area contributed by atoms with E-state index in [1.54, 1.807) is 61.5 Å². The number of carbonyl (C=O) groups excluding carboxylic acids is 2. The average Bonchev–Trinajstić information content (AvgIpc) is 2.95. The summed E-state index contributed by atoms with van der Waals surface area (Å²) in [6.45, 7) is 5.33. The normalized spacial score (nSPS) is 11.9. The molecular weight excluding hydrogens is 573 g/mol. The van der Waals surface area contributed by atoms with Crippen LogP contribution in [0, 0.1) is 6.92 Å². The Bertz CT molecular complexity index is 1430. The minimum atomic E-state index is -4.17. The largest absolute Gasteiger partial charge is 0.497 e. The lowest BCUT2D eigenvalue weighted by Crippen LogP contribution is -2.51. The van der Waals surface area contributed by atoms with Gasteiger partial charge in [0.1, 0.15) is 18.3 Å². The van der Waals surface area contributed by atoms with Crippen LogP contribution in [0.2, 0.25) is 10.0 Å². The Balaban J connectivity index is 2.02. The van der Waals surface area contributed by atoms with E-state index in [0.29, 0.717) is 33.6 Å². The molecule has 0 aromatic heterocycles. The van der Waals surface area contributed by atoms with E-state index in [4.69, 9.17) is 27.9 Å². The smallest absolute Gasteiger partial charge is 0.264 e. The highest BCUT2D eigenvalue weighted by atomic mass is 35.5. The predicted molar refractivity (Wildman–Crippen MR) is 158 cm³/mol. The van der Waals surface area contributed by atoms with Crippen molar-refractivity contribution >= 4 is 50.7 Å². The molecule has 2 amide bonds. The summed E-state index contributed by atoms with van der Waals surface area (Å²) < 4.78 is 33.9. The number of halogens is 2. The van der Waals surface area contributed by atoms with Gasteiger partial charge in [0.05, 0.1) is 27.7 Å². The Morgan fingerprint density at radius 2 is 1.62 bits per heavy atom. The fourth-order valence-corrected chi connectivity index (χ4v) is 5.66. The highest BCUT2D eigenvalue weighted by molar-refractivity contribution is 7.92. The number of nitrogens with one attached hydrogen (secondary N) is 1. The van der Waals surface area contributed by atoms with E-state index in [0.717, 1.165) is 16.3 Å². The Morgan fingerprint density at radius 1 is 0.975 bits per heavy atom. The summed E-state index contributed by atoms with van der Waals surface area (Å²) in [7, 11) is -2.69. The summed E-state index contributed by atoms with van der Waals surface area (Å²) in [4.78, 5) is 28.2. The molecule has 0 unspecified atom stereocenters. The number of nitrogens with zero attached hydrogens (tertiary/aromatic N) is 2. The standard InChI is InChI=1S/C29H33Cl2N3O5S/c1-5-16-32-29(36)21(3)33(18-22-8-15-26(30)27(31)17-22)28(35)19-34(23-9-6-20(2)7-10-23)40(37,38)25-13-11-24(39-4)12-14-25/h6-15,17,21H,5,16,18-19H2,1-4H3,(H,32,36)/t21-/m1/s1. The van der Waals surface area contributed by atoms with Gasteiger partial charge in [0.15, 0.2) is 0 Å². The number of sulfonamides is 1. The van der Waals surface area contributed by atoms with Crippen molar-refractivity contribution in [3.8, 4) is 5.75 Å². The van der Waals surface area contributed by atoms with E-state index < -0.39 is 28.5 Å². The van der Waals surface area contributed by atoms with Gasteiger partial charge in [-0.3, -0.25) is 13.9 Å². The van der Waals surface area contributed by atoms with Crippen molar-refractivity contribution in [3.63, 3.8) is 0 Å². The van der Waals surface area contributed by atoms with Crippen molar-refractivity contribution in [2.75, 3.05) is 24.5 Å². The first-order chi connectivity index (χ1) is 19.0. The Morgan fingerprint density at radius 3 is 2.20 bits per heavy atom. The van der Waals surface area contributed by atoms with Crippen molar-refractivity contribution in [2.45, 2.75) is 44.7 Å². The second kappa shape index (κ2) is 13.9. The maximum atomic E-state index is 13.9. The SMILES string of the molecule is CCCNC(=O)[C@@H](C)N(Cc1ccc(Cl)c(Cl)c1)C(=O)CN(c1ccc(C)cc1)S(=O)(=O)c1ccc(OC)cc1. The van der Waals surface area contributed by atoms with Crippen LogP contribution in [-0.2, 0) is 26.2 Å². The summed E-state index contributed by atoms with van der Waals surface area (Å²) in [6, 6.07) is 16.8. The van der Waals surface area contributed by atoms with E-state index in [2.05, 4.69) is 5.32 Å². The van der Waals surface area contributed by atoms with E-state index in [-0.39, 0.29) is 17.3 Å². The fourth-order valence-electron chi connectivity index (χ4n) is 3.93. The van der Waals surface area contributed by atoms with Gasteiger partial charge in [-0.25, -0.2) is 8.42 Å². The molecule has 0 aliphatic carbocycles. The van der Waals surface area contributed by atoms with E-state index in [1.807, 2.05) is 13.8 Å². The molecule has 0 saturated carbocycles. The Kier molecular flexibility index (Phi) is 10.8. The molecule has 0 spiro atoms. The maximum absolute atomic E-state index is 13.9. The zero-order valence-corrected chi connectivity index (χ0v) is 25.2. The quantitative estimate of drug-likeness (QED) is 0.296. The number of hydrogen-bond donors (Lipinski definition) is 1. The molecule has 40 heavy (non-hydrogen) atoms. The van der Waals surface area contributed by atoms with Crippen LogP contribution in [0.1, 0.15) is 31.4 Å². The lowest BCUT2D eigenvalue weighted by Gasteiger charge is -2.32. The molecule has 0 aliphatic heterocycles. The lowest BCUT2D eigenvalue weighted by atomic mass is 10.1. The molecule has 11 heteroatoms. The molecule has 3 rings (SSSR count). The maximum Gasteiger partial charge on any atom is 0.264 e. The Labute approximate surface area is 245 Å². The molecule has 1 atom stereocenters. The van der Waals surface area contributed by atoms with Crippen LogP contribution in [0.25, 0.3) is 0 Å². The minimum Gasteiger partial charge on any atom is -0.497 e. The minimum absolute atomic E-state index is 0.00792. The third kappa shape index (κ3) is 7.68. The number of benzene rings is 3. The number of hydrogen-bond acceptors (Lipinski definition) is 5. The molecular formula is C29H33Cl2N3O5S. The Hall–Kier alpha value is -3.27. The highest BCUT2D eigenvalue weighted by Gasteiger charge is 2.32. The van der Waals surface area contributed by atoms with Gasteiger partial charge in [-0.1, -0.05) is 53.9 Å². The van der Waals surface area contributed by atoms with Gasteiger partial charge in [0.2, 0.25) is 11.8 Å². The van der Waals surface area contributed by atoms with E-state index in [1.165, 1.54) is 24.1 Å². The second-order valence-electron chi connectivity index (χ2n) is 9.26. The van der Waals surface area contributed by atoms with Gasteiger partial charge in [-0.2, -0.15) is 0 Å². The summed E-state index contributed by atoms with van der Waals surface area (Å²) >= 11 is 12.3. The lowest BCUT2D eigenvalue weighted by molar-refractivity contribution is -0.139. The van der Waals surface area contributed by atoms with E-state index in [9.17, 15) is 18.0 Å². The van der Waals surface area contributed by atoms with Gasteiger partial charge < -0.3 is 15.0 Å². The molecule has 0 saturated heterocycles. The molecule has 0 fully saturated rings. The number of aryl methyl sites for hydroxylation is 1. The van der Waals surface area contributed by atoms with Gasteiger partial charge in [0.25, 0.3) is 10.0 Å². The molecule has 0 heterocycles. The van der Waals surface area contributed by atoms with Gasteiger partial charge in [0, 0.05) is 13.1 Å². The molecule has 0 radical (unpaired) electrons. The monoisotopic (exact) mass is 605 g/mol. The first-order valence-corrected chi connectivity index (χ1v) is 14.9. The number of amides is 2. The zero-order valence-electron chi connectivity index (χ0n) is 22.9. The van der Waals surface area contributed by atoms with Crippen molar-refractivity contribution < 1.29 is 22.7 Å². The van der Waals surface area contributed by atoms with Crippen molar-refractivity contribution in [1.29, 1.82) is 0 Å². The van der Waals surface area contributed by atoms with Crippen LogP contribution in [0.3, 0.4) is 0 Å². The molecule has 1 N–H and O–H groups in total. The van der Waals surface area contributed by atoms with Gasteiger partial charge >= 0.3 is 0 Å². The molecule has 214 valence electrons. The van der Waals surface area contributed by atoms with E-state index >= 15 is 0 Å². The molecule has 0 bridgehead atoms. The average molecular weight is 607 g/mol.